The fourth-order valence-electron chi connectivity index (χ4n) is 1.71. The fraction of sp³-hybridized carbons (Fsp3) is 0.417. The summed E-state index contributed by atoms with van der Waals surface area (Å²) < 4.78 is 25.9. The average Bonchev–Trinajstić information content (AvgIpc) is 2.30. The molecule has 0 amide bonds. The summed E-state index contributed by atoms with van der Waals surface area (Å²) in [5.74, 6) is -1.38. The van der Waals surface area contributed by atoms with Crippen LogP contribution in [0.15, 0.2) is 23.1 Å². The zero-order valence-corrected chi connectivity index (χ0v) is 11.5. The highest BCUT2D eigenvalue weighted by atomic mass is 32.2. The third-order valence-electron chi connectivity index (χ3n) is 2.75. The predicted molar refractivity (Wildman–Crippen MR) is 65.6 cm³/mol. The molecule has 0 aliphatic rings. The Hall–Kier alpha value is -1.40. The minimum atomic E-state index is -3.65. The van der Waals surface area contributed by atoms with Gasteiger partial charge in [0.25, 0.3) is 0 Å². The van der Waals surface area contributed by atoms with Crippen molar-refractivity contribution in [2.45, 2.75) is 25.7 Å². The zero-order valence-electron chi connectivity index (χ0n) is 10.6. The second-order valence-electron chi connectivity index (χ2n) is 3.86. The number of hydrogen-bond acceptors (Lipinski definition) is 4. The molecule has 0 bridgehead atoms. The SMILES string of the molecule is CCN(CC)S(=O)(=O)c1cc(C(=O)[O-])ccc1C. The van der Waals surface area contributed by atoms with Gasteiger partial charge in [0.2, 0.25) is 10.0 Å². The first-order chi connectivity index (χ1) is 8.34. The molecule has 1 aromatic rings. The molecule has 0 aliphatic heterocycles. The summed E-state index contributed by atoms with van der Waals surface area (Å²) in [5, 5.41) is 10.8. The van der Waals surface area contributed by atoms with Gasteiger partial charge in [-0.3, -0.25) is 0 Å². The van der Waals surface area contributed by atoms with E-state index in [4.69, 9.17) is 0 Å². The molecule has 100 valence electrons. The number of sulfonamides is 1. The van der Waals surface area contributed by atoms with Crippen molar-refractivity contribution in [1.82, 2.24) is 4.31 Å². The highest BCUT2D eigenvalue weighted by Crippen LogP contribution is 2.21. The Morgan fingerprint density at radius 3 is 2.28 bits per heavy atom. The summed E-state index contributed by atoms with van der Waals surface area (Å²) in [6.07, 6.45) is 0. The van der Waals surface area contributed by atoms with Gasteiger partial charge in [-0.15, -0.1) is 0 Å². The number of carboxylic acid groups (broad SMARTS) is 1. The molecule has 0 radical (unpaired) electrons. The van der Waals surface area contributed by atoms with Gasteiger partial charge in [-0.25, -0.2) is 8.42 Å². The molecule has 0 aromatic heterocycles. The van der Waals surface area contributed by atoms with Crippen molar-refractivity contribution >= 4 is 16.0 Å². The van der Waals surface area contributed by atoms with Gasteiger partial charge in [0.1, 0.15) is 0 Å². The van der Waals surface area contributed by atoms with Crippen LogP contribution in [0.1, 0.15) is 29.8 Å². The summed E-state index contributed by atoms with van der Waals surface area (Å²) >= 11 is 0. The van der Waals surface area contributed by atoms with Crippen LogP contribution in [0.5, 0.6) is 0 Å². The third kappa shape index (κ3) is 2.70. The van der Waals surface area contributed by atoms with Crippen molar-refractivity contribution in [2.24, 2.45) is 0 Å². The number of nitrogens with zero attached hydrogens (tertiary/aromatic N) is 1. The first-order valence-electron chi connectivity index (χ1n) is 5.66. The molecular weight excluding hydrogens is 254 g/mol. The number of hydrogen-bond donors (Lipinski definition) is 0. The summed E-state index contributed by atoms with van der Waals surface area (Å²) in [4.78, 5) is 10.8. The van der Waals surface area contributed by atoms with Gasteiger partial charge >= 0.3 is 0 Å². The number of aromatic carboxylic acids is 1. The largest absolute Gasteiger partial charge is 0.545 e. The van der Waals surface area contributed by atoms with Crippen molar-refractivity contribution in [3.05, 3.63) is 29.3 Å². The lowest BCUT2D eigenvalue weighted by atomic mass is 10.1. The molecule has 0 saturated heterocycles. The number of carboxylic acids is 1. The number of rotatable bonds is 5. The first-order valence-corrected chi connectivity index (χ1v) is 7.10. The molecule has 0 spiro atoms. The summed E-state index contributed by atoms with van der Waals surface area (Å²) in [6.45, 7) is 5.79. The highest BCUT2D eigenvalue weighted by Gasteiger charge is 2.23. The minimum Gasteiger partial charge on any atom is -0.545 e. The molecule has 18 heavy (non-hydrogen) atoms. The Bertz CT molecular complexity index is 547. The standard InChI is InChI=1S/C12H17NO4S/c1-4-13(5-2)18(16,17)11-8-10(12(14)15)7-6-9(11)3/h6-8H,4-5H2,1-3H3,(H,14,15)/p-1. The number of carbonyl (C=O) groups is 1. The molecule has 0 N–H and O–H groups in total. The zero-order chi connectivity index (χ0) is 13.9. The van der Waals surface area contributed by atoms with Gasteiger partial charge in [0, 0.05) is 13.1 Å². The quantitative estimate of drug-likeness (QED) is 0.775. The average molecular weight is 270 g/mol. The van der Waals surface area contributed by atoms with Crippen molar-refractivity contribution < 1.29 is 18.3 Å². The van der Waals surface area contributed by atoms with Crippen LogP contribution in [0.4, 0.5) is 0 Å². The molecule has 0 saturated carbocycles. The molecule has 0 unspecified atom stereocenters. The van der Waals surface area contributed by atoms with E-state index < -0.39 is 16.0 Å². The number of benzene rings is 1. The van der Waals surface area contributed by atoms with E-state index >= 15 is 0 Å². The summed E-state index contributed by atoms with van der Waals surface area (Å²) in [6, 6.07) is 3.96. The maximum absolute atomic E-state index is 12.3. The van der Waals surface area contributed by atoms with Crippen LogP contribution in [0, 0.1) is 6.92 Å². The topological polar surface area (TPSA) is 77.5 Å². The maximum Gasteiger partial charge on any atom is 0.243 e. The van der Waals surface area contributed by atoms with Crippen LogP contribution in [0.3, 0.4) is 0 Å². The molecular formula is C12H16NO4S-. The second kappa shape index (κ2) is 5.49. The van der Waals surface area contributed by atoms with E-state index in [2.05, 4.69) is 0 Å². The lowest BCUT2D eigenvalue weighted by Gasteiger charge is -2.20. The molecule has 5 nitrogen and oxygen atoms in total. The third-order valence-corrected chi connectivity index (χ3v) is 4.94. The van der Waals surface area contributed by atoms with Crippen LogP contribution in [0.2, 0.25) is 0 Å². The molecule has 0 atom stereocenters. The second-order valence-corrected chi connectivity index (χ2v) is 5.76. The van der Waals surface area contributed by atoms with Crippen molar-refractivity contribution in [1.29, 1.82) is 0 Å². The maximum atomic E-state index is 12.3. The molecule has 0 fully saturated rings. The van der Waals surface area contributed by atoms with Gasteiger partial charge in [0.05, 0.1) is 10.9 Å². The Morgan fingerprint density at radius 2 is 1.83 bits per heavy atom. The van der Waals surface area contributed by atoms with E-state index in [1.807, 2.05) is 0 Å². The van der Waals surface area contributed by atoms with Gasteiger partial charge in [-0.2, -0.15) is 4.31 Å². The normalized spacial score (nSPS) is 11.8. The lowest BCUT2D eigenvalue weighted by Crippen LogP contribution is -2.31. The van der Waals surface area contributed by atoms with Crippen molar-refractivity contribution in [3.8, 4) is 0 Å². The molecule has 6 heteroatoms. The summed E-state index contributed by atoms with van der Waals surface area (Å²) in [5.41, 5.74) is 0.387. The summed E-state index contributed by atoms with van der Waals surface area (Å²) in [7, 11) is -3.65. The lowest BCUT2D eigenvalue weighted by molar-refractivity contribution is -0.255. The fourth-order valence-corrected chi connectivity index (χ4v) is 3.42. The van der Waals surface area contributed by atoms with E-state index in [9.17, 15) is 18.3 Å². The van der Waals surface area contributed by atoms with E-state index in [0.717, 1.165) is 6.07 Å². The number of aryl methyl sites for hydroxylation is 1. The highest BCUT2D eigenvalue weighted by molar-refractivity contribution is 7.89. The van der Waals surface area contributed by atoms with Crippen molar-refractivity contribution in [3.63, 3.8) is 0 Å². The first kappa shape index (κ1) is 14.7. The van der Waals surface area contributed by atoms with E-state index in [-0.39, 0.29) is 10.5 Å². The van der Waals surface area contributed by atoms with Crippen molar-refractivity contribution in [2.75, 3.05) is 13.1 Å². The van der Waals surface area contributed by atoms with Gasteiger partial charge in [-0.1, -0.05) is 26.0 Å². The van der Waals surface area contributed by atoms with Gasteiger partial charge < -0.3 is 9.90 Å². The molecule has 1 rings (SSSR count). The number of carbonyl (C=O) groups excluding carboxylic acids is 1. The molecule has 0 aliphatic carbocycles. The van der Waals surface area contributed by atoms with Gasteiger partial charge in [-0.05, 0) is 24.1 Å². The van der Waals surface area contributed by atoms with E-state index in [0.29, 0.717) is 18.7 Å². The minimum absolute atomic E-state index is 0.0212. The van der Waals surface area contributed by atoms with Crippen LogP contribution in [-0.4, -0.2) is 31.8 Å². The van der Waals surface area contributed by atoms with E-state index in [1.54, 1.807) is 20.8 Å². The van der Waals surface area contributed by atoms with Crippen LogP contribution < -0.4 is 5.11 Å². The van der Waals surface area contributed by atoms with Crippen LogP contribution in [0.25, 0.3) is 0 Å². The molecule has 0 heterocycles. The Kier molecular flexibility index (Phi) is 4.48. The van der Waals surface area contributed by atoms with Gasteiger partial charge in [0.15, 0.2) is 0 Å². The Morgan fingerprint density at radius 1 is 1.28 bits per heavy atom. The monoisotopic (exact) mass is 270 g/mol. The predicted octanol–water partition coefficient (Wildman–Crippen LogP) is 0.389. The van der Waals surface area contributed by atoms with E-state index in [1.165, 1.54) is 16.4 Å². The van der Waals surface area contributed by atoms with Crippen LogP contribution >= 0.6 is 0 Å². The smallest absolute Gasteiger partial charge is 0.243 e. The van der Waals surface area contributed by atoms with Crippen LogP contribution in [-0.2, 0) is 10.0 Å². The molecule has 1 aromatic carbocycles. The Labute approximate surface area is 107 Å². The Balaban J connectivity index is 3.40.